The van der Waals surface area contributed by atoms with Gasteiger partial charge in [0.2, 0.25) is 0 Å². The molecule has 0 amide bonds. The van der Waals surface area contributed by atoms with Gasteiger partial charge >= 0.3 is 0 Å². The summed E-state index contributed by atoms with van der Waals surface area (Å²) in [5.74, 6) is 0.152. The summed E-state index contributed by atoms with van der Waals surface area (Å²) in [6, 6.07) is 32.0. The molecular formula is C43H49N2OY-. The van der Waals surface area contributed by atoms with E-state index in [9.17, 15) is 4.79 Å². The monoisotopic (exact) mass is 698 g/mol. The number of rotatable bonds is 6. The Bertz CT molecular complexity index is 1790. The van der Waals surface area contributed by atoms with Crippen LogP contribution in [0.3, 0.4) is 0 Å². The molecule has 0 fully saturated rings. The molecule has 0 aliphatic carbocycles. The number of hydrogen-bond donors (Lipinski definition) is 0. The smallest absolute Gasteiger partial charge is 0.149 e. The Kier molecular flexibility index (Phi) is 13.3. The van der Waals surface area contributed by atoms with Crippen molar-refractivity contribution in [1.29, 1.82) is 0 Å². The van der Waals surface area contributed by atoms with Crippen LogP contribution in [0.2, 0.25) is 0 Å². The number of hydrogen-bond acceptors (Lipinski definition) is 2. The molecular weight excluding hydrogens is 649 g/mol. The molecule has 2 aliphatic heterocycles. The first-order valence-corrected chi connectivity index (χ1v) is 16.4. The first-order chi connectivity index (χ1) is 22.1. The molecule has 0 aromatic heterocycles. The van der Waals surface area contributed by atoms with Crippen LogP contribution in [-0.2, 0) is 48.3 Å². The van der Waals surface area contributed by atoms with Crippen molar-refractivity contribution in [2.45, 2.75) is 72.6 Å². The fourth-order valence-electron chi connectivity index (χ4n) is 6.68. The molecule has 4 aromatic carbocycles. The van der Waals surface area contributed by atoms with Crippen LogP contribution in [0.4, 0.5) is 11.4 Å². The molecule has 1 atom stereocenters. The molecule has 3 nitrogen and oxygen atoms in total. The minimum absolute atomic E-state index is 0. The summed E-state index contributed by atoms with van der Waals surface area (Å²) < 4.78 is 2.07. The van der Waals surface area contributed by atoms with Crippen LogP contribution >= 0.6 is 0 Å². The Morgan fingerprint density at radius 1 is 0.936 bits per heavy atom. The molecule has 0 saturated carbocycles. The number of fused-ring (bicyclic) bond motifs is 4. The van der Waals surface area contributed by atoms with E-state index in [1.165, 1.54) is 38.9 Å². The molecule has 0 N–H and O–H groups in total. The van der Waals surface area contributed by atoms with E-state index in [0.29, 0.717) is 6.54 Å². The number of nitrogens with zero attached hydrogens (tertiary/aromatic N) is 2. The average Bonchev–Trinajstić information content (AvgIpc) is 3.42. The number of para-hydroxylation sites is 1. The number of benzene rings is 4. The largest absolute Gasteiger partial charge is 0.337 e. The van der Waals surface area contributed by atoms with E-state index in [2.05, 4.69) is 142 Å². The normalized spacial score (nSPS) is 18.4. The third-order valence-electron chi connectivity index (χ3n) is 9.07. The van der Waals surface area contributed by atoms with E-state index in [0.717, 1.165) is 17.8 Å². The predicted molar refractivity (Wildman–Crippen MR) is 197 cm³/mol. The van der Waals surface area contributed by atoms with Crippen molar-refractivity contribution in [2.75, 3.05) is 11.4 Å². The maximum absolute atomic E-state index is 12.3. The summed E-state index contributed by atoms with van der Waals surface area (Å²) in [7, 11) is 4.35. The SMILES string of the molecule is CC.[CH2-][N+]1=C(C=CC=CC=C2N(CC(C)=O)c3ccc4ccc(C)cc4c3C2(C)C)C(C)(CC)c2ccccc21.[Y].[c-]1ccccc1. The molecule has 0 saturated heterocycles. The van der Waals surface area contributed by atoms with Crippen LogP contribution in [-0.4, -0.2) is 22.6 Å². The van der Waals surface area contributed by atoms with Gasteiger partial charge in [0, 0.05) is 62.0 Å². The van der Waals surface area contributed by atoms with Gasteiger partial charge in [0.25, 0.3) is 0 Å². The zero-order valence-electron chi connectivity index (χ0n) is 29.5. The number of ketones is 1. The molecule has 6 rings (SSSR count). The standard InChI is InChI=1S/C35H38N2O.C6H5.C2H6.Y/c1-8-35(6)28-14-12-13-15-29(28)36(7)32(35)17-11-9-10-16-31-34(4,5)33-27-22-24(2)18-19-26(27)20-21-30(33)37(31)23-25(3)38;1-2-4-6-5-3-1;1-2;/h9-22H,7-8,23H2,1-6H3;1-5H;1-2H3;/q;-1;;. The van der Waals surface area contributed by atoms with Crippen molar-refractivity contribution in [1.82, 2.24) is 0 Å². The van der Waals surface area contributed by atoms with Gasteiger partial charge in [-0.2, -0.15) is 36.4 Å². The summed E-state index contributed by atoms with van der Waals surface area (Å²) in [6.45, 7) is 17.2. The third-order valence-corrected chi connectivity index (χ3v) is 9.07. The molecule has 4 aromatic rings. The van der Waals surface area contributed by atoms with Crippen molar-refractivity contribution < 1.29 is 42.1 Å². The number of aryl methyl sites for hydroxylation is 1. The van der Waals surface area contributed by atoms with Gasteiger partial charge in [0.15, 0.2) is 0 Å². The van der Waals surface area contributed by atoms with Crippen molar-refractivity contribution in [3.63, 3.8) is 0 Å². The zero-order chi connectivity index (χ0) is 33.5. The van der Waals surface area contributed by atoms with Crippen LogP contribution in [0.5, 0.6) is 0 Å². The Labute approximate surface area is 308 Å². The molecule has 4 heteroatoms. The van der Waals surface area contributed by atoms with Gasteiger partial charge in [-0.25, -0.2) is 0 Å². The van der Waals surface area contributed by atoms with Crippen LogP contribution in [0.25, 0.3) is 10.8 Å². The van der Waals surface area contributed by atoms with E-state index in [4.69, 9.17) is 0 Å². The average molecular weight is 699 g/mol. The van der Waals surface area contributed by atoms with Crippen LogP contribution in [0, 0.1) is 20.0 Å². The molecule has 1 radical (unpaired) electrons. The molecule has 47 heavy (non-hydrogen) atoms. The summed E-state index contributed by atoms with van der Waals surface area (Å²) in [5.41, 5.74) is 8.21. The molecule has 0 bridgehead atoms. The van der Waals surface area contributed by atoms with Gasteiger partial charge in [0.05, 0.1) is 12.3 Å². The van der Waals surface area contributed by atoms with E-state index in [-0.39, 0.29) is 49.3 Å². The van der Waals surface area contributed by atoms with Gasteiger partial charge in [-0.15, -0.1) is 0 Å². The fraction of sp³-hybridized carbons (Fsp3) is 0.279. The van der Waals surface area contributed by atoms with E-state index in [1.807, 2.05) is 44.2 Å². The van der Waals surface area contributed by atoms with Crippen molar-refractivity contribution in [3.8, 4) is 0 Å². The van der Waals surface area contributed by atoms with Crippen molar-refractivity contribution >= 4 is 33.6 Å². The first kappa shape index (κ1) is 37.9. The number of carbonyl (C=O) groups excluding carboxylic acids is 1. The van der Waals surface area contributed by atoms with Crippen LogP contribution < -0.4 is 4.90 Å². The first-order valence-electron chi connectivity index (χ1n) is 16.4. The minimum atomic E-state index is -0.237. The maximum atomic E-state index is 12.3. The van der Waals surface area contributed by atoms with Gasteiger partial charge in [-0.05, 0) is 60.4 Å². The van der Waals surface area contributed by atoms with Gasteiger partial charge in [-0.1, -0.05) is 114 Å². The Morgan fingerprint density at radius 3 is 2.23 bits per heavy atom. The molecule has 241 valence electrons. The van der Waals surface area contributed by atoms with E-state index < -0.39 is 0 Å². The number of Topliss-reactive ketones (excluding diaryl/α,β-unsaturated/α-hetero) is 1. The second-order valence-electron chi connectivity index (χ2n) is 12.5. The summed E-state index contributed by atoms with van der Waals surface area (Å²) >= 11 is 0. The van der Waals surface area contributed by atoms with Crippen LogP contribution in [0.15, 0.2) is 121 Å². The summed E-state index contributed by atoms with van der Waals surface area (Å²) in [4.78, 5) is 14.5. The summed E-state index contributed by atoms with van der Waals surface area (Å²) in [5, 5.41) is 2.50. The molecule has 2 heterocycles. The maximum Gasteiger partial charge on any atom is 0.149 e. The second kappa shape index (κ2) is 16.5. The number of allylic oxidation sites excluding steroid dienone is 6. The molecule has 0 spiro atoms. The zero-order valence-corrected chi connectivity index (χ0v) is 32.3. The fourth-order valence-corrected chi connectivity index (χ4v) is 6.68. The summed E-state index contributed by atoms with van der Waals surface area (Å²) in [6.07, 6.45) is 11.6. The van der Waals surface area contributed by atoms with Crippen molar-refractivity contribution in [2.24, 2.45) is 0 Å². The molecule has 1 unspecified atom stereocenters. The minimum Gasteiger partial charge on any atom is -0.337 e. The predicted octanol–water partition coefficient (Wildman–Crippen LogP) is 10.6. The van der Waals surface area contributed by atoms with Gasteiger partial charge in [-0.3, -0.25) is 4.79 Å². The third kappa shape index (κ3) is 7.80. The Hall–Kier alpha value is -3.53. The number of anilines is 1. The topological polar surface area (TPSA) is 23.3 Å². The van der Waals surface area contributed by atoms with Gasteiger partial charge in [0.1, 0.15) is 11.5 Å². The van der Waals surface area contributed by atoms with E-state index >= 15 is 0 Å². The van der Waals surface area contributed by atoms with Gasteiger partial charge < -0.3 is 9.48 Å². The van der Waals surface area contributed by atoms with Crippen molar-refractivity contribution in [3.05, 3.63) is 151 Å². The molecule has 2 aliphatic rings. The Balaban J connectivity index is 0.000000592. The van der Waals surface area contributed by atoms with E-state index in [1.54, 1.807) is 6.92 Å². The number of carbonyl (C=O) groups is 1. The Morgan fingerprint density at radius 2 is 1.62 bits per heavy atom. The quantitative estimate of drug-likeness (QED) is 0.114. The van der Waals surface area contributed by atoms with Crippen LogP contribution in [0.1, 0.15) is 71.6 Å². The second-order valence-corrected chi connectivity index (χ2v) is 12.5.